The van der Waals surface area contributed by atoms with E-state index in [9.17, 15) is 0 Å². The van der Waals surface area contributed by atoms with Gasteiger partial charge < -0.3 is 4.90 Å². The average molecular weight is 171 g/mol. The molecule has 0 spiro atoms. The molecule has 1 fully saturated rings. The molecule has 1 saturated heterocycles. The zero-order valence-electron chi connectivity index (χ0n) is 9.27. The third-order valence-corrected chi connectivity index (χ3v) is 2.48. The van der Waals surface area contributed by atoms with E-state index in [1.807, 2.05) is 13.8 Å². The number of hydrogen-bond donors (Lipinski definition) is 0. The quantitative estimate of drug-likeness (QED) is 0.630. The molecule has 1 rings (SSSR count). The van der Waals surface area contributed by atoms with Crippen LogP contribution >= 0.6 is 0 Å². The van der Waals surface area contributed by atoms with Crippen LogP contribution in [-0.4, -0.2) is 24.0 Å². The molecule has 0 aromatic rings. The Hall–Kier alpha value is -0.0400. The molecule has 0 aromatic heterocycles. The van der Waals surface area contributed by atoms with E-state index in [2.05, 4.69) is 18.7 Å². The monoisotopic (exact) mass is 171 g/mol. The van der Waals surface area contributed by atoms with E-state index in [4.69, 9.17) is 0 Å². The highest BCUT2D eigenvalue weighted by molar-refractivity contribution is 4.76. The maximum absolute atomic E-state index is 2.64. The van der Waals surface area contributed by atoms with Crippen LogP contribution in [0.2, 0.25) is 0 Å². The predicted octanol–water partition coefficient (Wildman–Crippen LogP) is 3.30. The van der Waals surface area contributed by atoms with Gasteiger partial charge in [0.05, 0.1) is 0 Å². The van der Waals surface area contributed by atoms with Crippen molar-refractivity contribution in [3.05, 3.63) is 0 Å². The van der Waals surface area contributed by atoms with Gasteiger partial charge in [0.1, 0.15) is 0 Å². The number of rotatable bonds is 3. The topological polar surface area (TPSA) is 3.24 Å². The zero-order chi connectivity index (χ0) is 9.40. The van der Waals surface area contributed by atoms with Crippen molar-refractivity contribution in [3.8, 4) is 0 Å². The highest BCUT2D eigenvalue weighted by Crippen LogP contribution is 2.19. The van der Waals surface area contributed by atoms with Crippen LogP contribution in [0.5, 0.6) is 0 Å². The van der Waals surface area contributed by atoms with Gasteiger partial charge in [-0.25, -0.2) is 0 Å². The summed E-state index contributed by atoms with van der Waals surface area (Å²) in [5.74, 6) is 0. The predicted molar refractivity (Wildman–Crippen MR) is 56.5 cm³/mol. The highest BCUT2D eigenvalue weighted by atomic mass is 15.2. The van der Waals surface area contributed by atoms with Gasteiger partial charge in [-0.3, -0.25) is 0 Å². The summed E-state index contributed by atoms with van der Waals surface area (Å²) in [6, 6.07) is 0.917. The summed E-state index contributed by atoms with van der Waals surface area (Å²) in [7, 11) is 0. The number of likely N-dealkylation sites (tertiary alicyclic amines) is 1. The zero-order valence-corrected chi connectivity index (χ0v) is 9.27. The first-order chi connectivity index (χ1) is 5.88. The molecule has 0 bridgehead atoms. The van der Waals surface area contributed by atoms with Crippen molar-refractivity contribution in [2.75, 3.05) is 13.1 Å². The van der Waals surface area contributed by atoms with E-state index in [0.717, 1.165) is 6.04 Å². The summed E-state index contributed by atoms with van der Waals surface area (Å²) in [6.07, 6.45) is 5.53. The second-order valence-electron chi connectivity index (χ2n) is 3.24. The lowest BCUT2D eigenvalue weighted by Crippen LogP contribution is -2.29. The maximum atomic E-state index is 2.64. The first-order valence-electron chi connectivity index (χ1n) is 5.62. The largest absolute Gasteiger partial charge is 0.300 e. The van der Waals surface area contributed by atoms with Crippen molar-refractivity contribution in [1.29, 1.82) is 0 Å². The Bertz CT molecular complexity index is 91.0. The molecule has 0 saturated carbocycles. The van der Waals surface area contributed by atoms with Gasteiger partial charge in [0.15, 0.2) is 0 Å². The van der Waals surface area contributed by atoms with Crippen LogP contribution in [0.1, 0.15) is 53.4 Å². The lowest BCUT2D eigenvalue weighted by Gasteiger charge is -2.21. The van der Waals surface area contributed by atoms with Crippen molar-refractivity contribution >= 4 is 0 Å². The van der Waals surface area contributed by atoms with E-state index >= 15 is 0 Å². The van der Waals surface area contributed by atoms with E-state index in [1.165, 1.54) is 38.8 Å². The Kier molecular flexibility index (Phi) is 7.58. The lowest BCUT2D eigenvalue weighted by atomic mass is 10.2. The molecule has 1 heterocycles. The lowest BCUT2D eigenvalue weighted by molar-refractivity contribution is 0.249. The van der Waals surface area contributed by atoms with Gasteiger partial charge in [-0.05, 0) is 38.8 Å². The fourth-order valence-corrected chi connectivity index (χ4v) is 1.94. The standard InChI is InChI=1S/C9H19N.C2H6/c1-3-7-10-8-5-6-9(10)4-2;1-2/h9H,3-8H2,1-2H3;1-2H3. The Labute approximate surface area is 78.1 Å². The van der Waals surface area contributed by atoms with E-state index in [1.54, 1.807) is 0 Å². The van der Waals surface area contributed by atoms with Crippen molar-refractivity contribution < 1.29 is 0 Å². The molecule has 12 heavy (non-hydrogen) atoms. The van der Waals surface area contributed by atoms with Crippen LogP contribution in [0.15, 0.2) is 0 Å². The van der Waals surface area contributed by atoms with Crippen molar-refractivity contribution in [1.82, 2.24) is 4.90 Å². The third kappa shape index (κ3) is 3.57. The maximum Gasteiger partial charge on any atom is 0.00931 e. The van der Waals surface area contributed by atoms with Crippen LogP contribution < -0.4 is 0 Å². The third-order valence-electron chi connectivity index (χ3n) is 2.48. The summed E-state index contributed by atoms with van der Waals surface area (Å²) >= 11 is 0. The molecule has 0 N–H and O–H groups in total. The second-order valence-corrected chi connectivity index (χ2v) is 3.24. The Morgan fingerprint density at radius 3 is 2.42 bits per heavy atom. The summed E-state index contributed by atoms with van der Waals surface area (Å²) < 4.78 is 0. The first kappa shape index (κ1) is 12.0. The number of nitrogens with zero attached hydrogens (tertiary/aromatic N) is 1. The van der Waals surface area contributed by atoms with Gasteiger partial charge in [-0.2, -0.15) is 0 Å². The summed E-state index contributed by atoms with van der Waals surface area (Å²) in [4.78, 5) is 2.64. The summed E-state index contributed by atoms with van der Waals surface area (Å²) in [5.41, 5.74) is 0. The molecular formula is C11H25N. The van der Waals surface area contributed by atoms with Gasteiger partial charge in [0.25, 0.3) is 0 Å². The minimum absolute atomic E-state index is 0.917. The van der Waals surface area contributed by atoms with Crippen LogP contribution in [0.4, 0.5) is 0 Å². The fourth-order valence-electron chi connectivity index (χ4n) is 1.94. The van der Waals surface area contributed by atoms with Gasteiger partial charge in [-0.15, -0.1) is 0 Å². The molecule has 1 atom stereocenters. The molecule has 0 aromatic carbocycles. The van der Waals surface area contributed by atoms with Crippen LogP contribution in [0.3, 0.4) is 0 Å². The van der Waals surface area contributed by atoms with E-state index < -0.39 is 0 Å². The van der Waals surface area contributed by atoms with Crippen LogP contribution in [0.25, 0.3) is 0 Å². The van der Waals surface area contributed by atoms with Gasteiger partial charge in [0, 0.05) is 6.04 Å². The summed E-state index contributed by atoms with van der Waals surface area (Å²) in [5, 5.41) is 0. The molecule has 1 heteroatoms. The van der Waals surface area contributed by atoms with Gasteiger partial charge in [-0.1, -0.05) is 27.7 Å². The Morgan fingerprint density at radius 1 is 1.25 bits per heavy atom. The van der Waals surface area contributed by atoms with E-state index in [0.29, 0.717) is 0 Å². The Balaban J connectivity index is 0.000000561. The van der Waals surface area contributed by atoms with Gasteiger partial charge >= 0.3 is 0 Å². The van der Waals surface area contributed by atoms with Crippen molar-refractivity contribution in [2.45, 2.75) is 59.4 Å². The van der Waals surface area contributed by atoms with Crippen LogP contribution in [0, 0.1) is 0 Å². The first-order valence-corrected chi connectivity index (χ1v) is 5.62. The van der Waals surface area contributed by atoms with Crippen molar-refractivity contribution in [2.24, 2.45) is 0 Å². The van der Waals surface area contributed by atoms with Gasteiger partial charge in [0.2, 0.25) is 0 Å². The Morgan fingerprint density at radius 2 is 1.92 bits per heavy atom. The molecule has 74 valence electrons. The minimum atomic E-state index is 0.917. The molecule has 0 radical (unpaired) electrons. The highest BCUT2D eigenvalue weighted by Gasteiger charge is 2.20. The normalized spacial score (nSPS) is 23.5. The van der Waals surface area contributed by atoms with Crippen molar-refractivity contribution in [3.63, 3.8) is 0 Å². The molecule has 1 aliphatic rings. The average Bonchev–Trinajstić information content (AvgIpc) is 2.56. The molecule has 0 amide bonds. The van der Waals surface area contributed by atoms with E-state index in [-0.39, 0.29) is 0 Å². The number of hydrogen-bond acceptors (Lipinski definition) is 1. The molecule has 1 nitrogen and oxygen atoms in total. The summed E-state index contributed by atoms with van der Waals surface area (Å²) in [6.45, 7) is 11.2. The molecular weight excluding hydrogens is 146 g/mol. The second kappa shape index (κ2) is 7.60. The molecule has 1 unspecified atom stereocenters. The SMILES string of the molecule is CC.CCCN1CCCC1CC. The fraction of sp³-hybridized carbons (Fsp3) is 1.00. The van der Waals surface area contributed by atoms with Crippen LogP contribution in [-0.2, 0) is 0 Å². The smallest absolute Gasteiger partial charge is 0.00931 e. The minimum Gasteiger partial charge on any atom is -0.300 e. The molecule has 0 aliphatic carbocycles. The molecule has 1 aliphatic heterocycles.